The third-order valence-corrected chi connectivity index (χ3v) is 6.59. The minimum Gasteiger partial charge on any atom is -0.379 e. The first-order chi connectivity index (χ1) is 11.1. The zero-order chi connectivity index (χ0) is 16.1. The van der Waals surface area contributed by atoms with Gasteiger partial charge in [0.05, 0.1) is 19.0 Å². The SMILES string of the molecule is O=S(=O)(Cc1ccccc1)N1CCCCC1CN1CCOCC1. The summed E-state index contributed by atoms with van der Waals surface area (Å²) in [6, 6.07) is 9.59. The molecule has 0 bridgehead atoms. The summed E-state index contributed by atoms with van der Waals surface area (Å²) in [4.78, 5) is 2.34. The third-order valence-electron chi connectivity index (χ3n) is 4.69. The molecule has 0 radical (unpaired) electrons. The summed E-state index contributed by atoms with van der Waals surface area (Å²) in [6.07, 6.45) is 3.05. The molecular weight excluding hydrogens is 312 g/mol. The maximum absolute atomic E-state index is 12.9. The Kier molecular flexibility index (Phi) is 5.69. The molecular formula is C17H26N2O3S. The monoisotopic (exact) mass is 338 g/mol. The number of rotatable bonds is 5. The van der Waals surface area contributed by atoms with E-state index in [2.05, 4.69) is 4.90 Å². The fourth-order valence-electron chi connectivity index (χ4n) is 3.47. The standard InChI is InChI=1S/C17H26N2O3S/c20-23(21,15-16-6-2-1-3-7-16)19-9-5-4-8-17(19)14-18-10-12-22-13-11-18/h1-3,6-7,17H,4-5,8-15H2. The Hall–Kier alpha value is -0.950. The lowest BCUT2D eigenvalue weighted by atomic mass is 10.0. The fourth-order valence-corrected chi connectivity index (χ4v) is 5.29. The van der Waals surface area contributed by atoms with E-state index in [0.29, 0.717) is 6.54 Å². The van der Waals surface area contributed by atoms with Gasteiger partial charge in [0.1, 0.15) is 0 Å². The first-order valence-electron chi connectivity index (χ1n) is 8.49. The van der Waals surface area contributed by atoms with Crippen molar-refractivity contribution in [3.8, 4) is 0 Å². The van der Waals surface area contributed by atoms with Gasteiger partial charge in [-0.1, -0.05) is 36.8 Å². The van der Waals surface area contributed by atoms with Gasteiger partial charge < -0.3 is 4.74 Å². The lowest BCUT2D eigenvalue weighted by molar-refractivity contribution is 0.0262. The number of nitrogens with zero attached hydrogens (tertiary/aromatic N) is 2. The molecule has 1 unspecified atom stereocenters. The molecule has 6 heteroatoms. The van der Waals surface area contributed by atoms with Crippen LogP contribution in [0.4, 0.5) is 0 Å². The molecule has 5 nitrogen and oxygen atoms in total. The van der Waals surface area contributed by atoms with Crippen molar-refractivity contribution in [1.29, 1.82) is 0 Å². The van der Waals surface area contributed by atoms with E-state index in [4.69, 9.17) is 4.74 Å². The van der Waals surface area contributed by atoms with Crippen LogP contribution in [0.1, 0.15) is 24.8 Å². The van der Waals surface area contributed by atoms with Crippen LogP contribution in [0.3, 0.4) is 0 Å². The first kappa shape index (κ1) is 16.9. The Labute approximate surface area is 139 Å². The summed E-state index contributed by atoms with van der Waals surface area (Å²) in [5.41, 5.74) is 0.864. The molecule has 1 aromatic carbocycles. The van der Waals surface area contributed by atoms with Gasteiger partial charge in [0.2, 0.25) is 10.0 Å². The molecule has 2 heterocycles. The Bertz CT molecular complexity index is 585. The van der Waals surface area contributed by atoms with Crippen LogP contribution in [-0.2, 0) is 20.5 Å². The van der Waals surface area contributed by atoms with Crippen molar-refractivity contribution in [3.05, 3.63) is 35.9 Å². The zero-order valence-electron chi connectivity index (χ0n) is 13.6. The van der Waals surface area contributed by atoms with Crippen molar-refractivity contribution in [1.82, 2.24) is 9.21 Å². The zero-order valence-corrected chi connectivity index (χ0v) is 14.4. The van der Waals surface area contributed by atoms with E-state index in [9.17, 15) is 8.42 Å². The van der Waals surface area contributed by atoms with Crippen LogP contribution in [0.15, 0.2) is 30.3 Å². The topological polar surface area (TPSA) is 49.9 Å². The Morgan fingerprint density at radius 3 is 2.52 bits per heavy atom. The average Bonchev–Trinajstić information content (AvgIpc) is 2.57. The summed E-state index contributed by atoms with van der Waals surface area (Å²) in [7, 11) is -3.26. The van der Waals surface area contributed by atoms with Crippen molar-refractivity contribution >= 4 is 10.0 Å². The third kappa shape index (κ3) is 4.53. The molecule has 0 saturated carbocycles. The molecule has 1 aromatic rings. The summed E-state index contributed by atoms with van der Waals surface area (Å²) in [5, 5.41) is 0. The van der Waals surface area contributed by atoms with Crippen molar-refractivity contribution in [2.45, 2.75) is 31.1 Å². The highest BCUT2D eigenvalue weighted by Gasteiger charge is 2.33. The number of hydrogen-bond donors (Lipinski definition) is 0. The summed E-state index contributed by atoms with van der Waals surface area (Å²) < 4.78 is 32.9. The Morgan fingerprint density at radius 1 is 1.04 bits per heavy atom. The fraction of sp³-hybridized carbons (Fsp3) is 0.647. The maximum atomic E-state index is 12.9. The van der Waals surface area contributed by atoms with Crippen molar-refractivity contribution < 1.29 is 13.2 Å². The molecule has 128 valence electrons. The van der Waals surface area contributed by atoms with Crippen molar-refractivity contribution in [2.75, 3.05) is 39.4 Å². The highest BCUT2D eigenvalue weighted by atomic mass is 32.2. The minimum atomic E-state index is -3.26. The van der Waals surface area contributed by atoms with Crippen LogP contribution in [0, 0.1) is 0 Å². The van der Waals surface area contributed by atoms with Crippen LogP contribution in [-0.4, -0.2) is 63.1 Å². The molecule has 2 fully saturated rings. The number of piperidine rings is 1. The molecule has 2 saturated heterocycles. The average molecular weight is 338 g/mol. The van der Waals surface area contributed by atoms with Crippen LogP contribution in [0.25, 0.3) is 0 Å². The molecule has 0 aliphatic carbocycles. The highest BCUT2D eigenvalue weighted by molar-refractivity contribution is 7.88. The summed E-state index contributed by atoms with van der Waals surface area (Å²) in [5.74, 6) is 0.105. The smallest absolute Gasteiger partial charge is 0.218 e. The Balaban J connectivity index is 1.69. The predicted molar refractivity (Wildman–Crippen MR) is 90.7 cm³/mol. The molecule has 0 spiro atoms. The van der Waals surface area contributed by atoms with E-state index in [1.54, 1.807) is 4.31 Å². The normalized spacial score (nSPS) is 24.6. The molecule has 3 rings (SSSR count). The number of benzene rings is 1. The second kappa shape index (κ2) is 7.75. The van der Waals surface area contributed by atoms with E-state index in [-0.39, 0.29) is 11.8 Å². The lowest BCUT2D eigenvalue weighted by Crippen LogP contribution is -2.51. The van der Waals surface area contributed by atoms with Crippen LogP contribution < -0.4 is 0 Å². The van der Waals surface area contributed by atoms with Gasteiger partial charge in [0, 0.05) is 32.2 Å². The number of sulfonamides is 1. The van der Waals surface area contributed by atoms with Gasteiger partial charge in [-0.15, -0.1) is 0 Å². The van der Waals surface area contributed by atoms with Gasteiger partial charge in [-0.05, 0) is 18.4 Å². The summed E-state index contributed by atoms with van der Waals surface area (Å²) >= 11 is 0. The van der Waals surface area contributed by atoms with Gasteiger partial charge in [0.15, 0.2) is 0 Å². The molecule has 0 N–H and O–H groups in total. The van der Waals surface area contributed by atoms with E-state index < -0.39 is 10.0 Å². The maximum Gasteiger partial charge on any atom is 0.218 e. The first-order valence-corrected chi connectivity index (χ1v) is 10.1. The Morgan fingerprint density at radius 2 is 1.78 bits per heavy atom. The lowest BCUT2D eigenvalue weighted by Gasteiger charge is -2.38. The van der Waals surface area contributed by atoms with Crippen molar-refractivity contribution in [2.24, 2.45) is 0 Å². The molecule has 1 atom stereocenters. The second-order valence-corrected chi connectivity index (χ2v) is 8.34. The van der Waals surface area contributed by atoms with E-state index in [0.717, 1.165) is 57.7 Å². The van der Waals surface area contributed by atoms with Gasteiger partial charge >= 0.3 is 0 Å². The van der Waals surface area contributed by atoms with Crippen molar-refractivity contribution in [3.63, 3.8) is 0 Å². The van der Waals surface area contributed by atoms with E-state index in [1.165, 1.54) is 0 Å². The van der Waals surface area contributed by atoms with E-state index >= 15 is 0 Å². The highest BCUT2D eigenvalue weighted by Crippen LogP contribution is 2.24. The largest absolute Gasteiger partial charge is 0.379 e. The molecule has 2 aliphatic heterocycles. The predicted octanol–water partition coefficient (Wildman–Crippen LogP) is 1.70. The van der Waals surface area contributed by atoms with Gasteiger partial charge in [-0.25, -0.2) is 8.42 Å². The minimum absolute atomic E-state index is 0.105. The van der Waals surface area contributed by atoms with Gasteiger partial charge in [0.25, 0.3) is 0 Å². The van der Waals surface area contributed by atoms with Crippen LogP contribution in [0.5, 0.6) is 0 Å². The van der Waals surface area contributed by atoms with Crippen LogP contribution in [0.2, 0.25) is 0 Å². The quantitative estimate of drug-likeness (QED) is 0.820. The molecule has 2 aliphatic rings. The number of hydrogen-bond acceptors (Lipinski definition) is 4. The molecule has 23 heavy (non-hydrogen) atoms. The molecule has 0 amide bonds. The molecule has 0 aromatic heterocycles. The second-order valence-electron chi connectivity index (χ2n) is 6.42. The number of morpholine rings is 1. The summed E-state index contributed by atoms with van der Waals surface area (Å²) in [6.45, 7) is 4.81. The van der Waals surface area contributed by atoms with E-state index in [1.807, 2.05) is 30.3 Å². The van der Waals surface area contributed by atoms with Gasteiger partial charge in [-0.3, -0.25) is 4.90 Å². The number of ether oxygens (including phenoxy) is 1. The van der Waals surface area contributed by atoms with Gasteiger partial charge in [-0.2, -0.15) is 4.31 Å². The van der Waals surface area contributed by atoms with Crippen LogP contribution >= 0.6 is 0 Å².